The number of benzene rings is 1. The van der Waals surface area contributed by atoms with Crippen LogP contribution in [0.25, 0.3) is 0 Å². The van der Waals surface area contributed by atoms with Crippen molar-refractivity contribution in [3.8, 4) is 6.07 Å². The van der Waals surface area contributed by atoms with Crippen LogP contribution in [0.15, 0.2) is 29.3 Å². The first kappa shape index (κ1) is 15.4. The van der Waals surface area contributed by atoms with Gasteiger partial charge in [0.05, 0.1) is 22.9 Å². The minimum absolute atomic E-state index is 0.348. The Labute approximate surface area is 137 Å². The zero-order valence-electron chi connectivity index (χ0n) is 13.4. The minimum atomic E-state index is 0.348. The van der Waals surface area contributed by atoms with Crippen molar-refractivity contribution >= 4 is 22.6 Å². The Hall–Kier alpha value is -1.47. The number of rotatable bonds is 3. The summed E-state index contributed by atoms with van der Waals surface area (Å²) in [7, 11) is 0. The van der Waals surface area contributed by atoms with E-state index in [1.54, 1.807) is 0 Å². The van der Waals surface area contributed by atoms with Crippen LogP contribution in [-0.2, 0) is 0 Å². The van der Waals surface area contributed by atoms with Gasteiger partial charge in [0, 0.05) is 12.3 Å². The van der Waals surface area contributed by atoms with E-state index in [0.717, 1.165) is 12.2 Å². The van der Waals surface area contributed by atoms with Crippen LogP contribution in [0, 0.1) is 17.2 Å². The second-order valence-electron chi connectivity index (χ2n) is 6.78. The molecule has 4 heteroatoms. The molecule has 0 atom stereocenters. The maximum Gasteiger partial charge on any atom is 0.164 e. The summed E-state index contributed by atoms with van der Waals surface area (Å²) in [5.41, 5.74) is 1.99. The molecule has 0 bridgehead atoms. The predicted octanol–water partition coefficient (Wildman–Crippen LogP) is 4.56. The van der Waals surface area contributed by atoms with Crippen LogP contribution in [-0.4, -0.2) is 27.9 Å². The zero-order valence-corrected chi connectivity index (χ0v) is 14.2. The van der Waals surface area contributed by atoms with Crippen LogP contribution >= 0.6 is 11.8 Å². The van der Waals surface area contributed by atoms with Gasteiger partial charge in [-0.2, -0.15) is 5.26 Å². The molecular formula is C18H23N3S. The van der Waals surface area contributed by atoms with E-state index in [9.17, 15) is 0 Å². The molecule has 1 aliphatic heterocycles. The van der Waals surface area contributed by atoms with Crippen molar-refractivity contribution in [3.63, 3.8) is 0 Å². The number of hydrogen-bond donors (Lipinski definition) is 0. The zero-order chi connectivity index (χ0) is 15.6. The fourth-order valence-electron chi connectivity index (χ4n) is 3.46. The lowest BCUT2D eigenvalue weighted by atomic mass is 9.97. The fourth-order valence-corrected chi connectivity index (χ4v) is 4.89. The molecule has 1 saturated heterocycles. The highest BCUT2D eigenvalue weighted by atomic mass is 32.2. The van der Waals surface area contributed by atoms with Crippen molar-refractivity contribution in [1.29, 1.82) is 5.26 Å². The number of amidine groups is 1. The Morgan fingerprint density at radius 2 is 1.95 bits per heavy atom. The molecule has 1 saturated carbocycles. The second kappa shape index (κ2) is 6.34. The summed E-state index contributed by atoms with van der Waals surface area (Å²) in [6.07, 6.45) is 5.30. The lowest BCUT2D eigenvalue weighted by Gasteiger charge is -2.36. The van der Waals surface area contributed by atoms with E-state index in [1.165, 1.54) is 36.6 Å². The third-order valence-electron chi connectivity index (χ3n) is 4.58. The number of aliphatic imine (C=N–C) groups is 1. The Bertz CT molecular complexity index is 592. The van der Waals surface area contributed by atoms with Crippen LogP contribution < -0.4 is 0 Å². The molecule has 1 aliphatic carbocycles. The molecule has 3 rings (SSSR count). The predicted molar refractivity (Wildman–Crippen MR) is 93.5 cm³/mol. The molecule has 22 heavy (non-hydrogen) atoms. The quantitative estimate of drug-likeness (QED) is 0.821. The average molecular weight is 313 g/mol. The first-order chi connectivity index (χ1) is 10.6. The first-order valence-corrected chi connectivity index (χ1v) is 9.11. The standard InChI is InChI=1S/C18H23N3S/c1-14(2)12-21-17(22-13-18(21)9-3-4-10-18)20-16-7-5-15(11-19)6-8-16/h5-8,14H,3-4,9-10,12-13H2,1-2H3/b20-17+. The Balaban J connectivity index is 1.87. The molecule has 1 aromatic carbocycles. The van der Waals surface area contributed by atoms with Crippen LogP contribution in [0.2, 0.25) is 0 Å². The smallest absolute Gasteiger partial charge is 0.164 e. The van der Waals surface area contributed by atoms with E-state index >= 15 is 0 Å². The molecule has 3 nitrogen and oxygen atoms in total. The third-order valence-corrected chi connectivity index (χ3v) is 5.83. The van der Waals surface area contributed by atoms with Crippen LogP contribution in [0.4, 0.5) is 5.69 Å². The van der Waals surface area contributed by atoms with Crippen molar-refractivity contribution in [2.24, 2.45) is 10.9 Å². The molecule has 2 fully saturated rings. The van der Waals surface area contributed by atoms with E-state index in [2.05, 4.69) is 24.8 Å². The van der Waals surface area contributed by atoms with Crippen molar-refractivity contribution in [2.45, 2.75) is 45.1 Å². The van der Waals surface area contributed by atoms with Gasteiger partial charge in [-0.3, -0.25) is 0 Å². The summed E-state index contributed by atoms with van der Waals surface area (Å²) in [6.45, 7) is 5.65. The molecule has 0 amide bonds. The van der Waals surface area contributed by atoms with Gasteiger partial charge in [0.25, 0.3) is 0 Å². The Morgan fingerprint density at radius 1 is 1.27 bits per heavy atom. The topological polar surface area (TPSA) is 39.4 Å². The van der Waals surface area contributed by atoms with E-state index in [4.69, 9.17) is 10.3 Å². The summed E-state index contributed by atoms with van der Waals surface area (Å²) in [5, 5.41) is 10.1. The minimum Gasteiger partial charge on any atom is -0.344 e. The van der Waals surface area contributed by atoms with Gasteiger partial charge in [-0.15, -0.1) is 0 Å². The molecule has 0 N–H and O–H groups in total. The van der Waals surface area contributed by atoms with Gasteiger partial charge in [0.1, 0.15) is 0 Å². The molecule has 0 unspecified atom stereocenters. The normalized spacial score (nSPS) is 21.9. The molecule has 1 spiro atoms. The van der Waals surface area contributed by atoms with E-state index in [-0.39, 0.29) is 0 Å². The van der Waals surface area contributed by atoms with Crippen molar-refractivity contribution < 1.29 is 0 Å². The Kier molecular flexibility index (Phi) is 4.44. The molecule has 2 aliphatic rings. The largest absolute Gasteiger partial charge is 0.344 e. The fraction of sp³-hybridized carbons (Fsp3) is 0.556. The highest BCUT2D eigenvalue weighted by Crippen LogP contribution is 2.45. The van der Waals surface area contributed by atoms with Gasteiger partial charge in [-0.25, -0.2) is 4.99 Å². The molecule has 0 radical (unpaired) electrons. The maximum absolute atomic E-state index is 8.90. The third kappa shape index (κ3) is 3.01. The monoisotopic (exact) mass is 313 g/mol. The number of hydrogen-bond acceptors (Lipinski definition) is 3. The van der Waals surface area contributed by atoms with E-state index < -0.39 is 0 Å². The van der Waals surface area contributed by atoms with Gasteiger partial charge in [-0.1, -0.05) is 38.5 Å². The van der Waals surface area contributed by atoms with E-state index in [1.807, 2.05) is 36.0 Å². The molecule has 1 heterocycles. The second-order valence-corrected chi connectivity index (χ2v) is 7.72. The van der Waals surface area contributed by atoms with Gasteiger partial charge in [-0.05, 0) is 43.0 Å². The lowest BCUT2D eigenvalue weighted by Crippen LogP contribution is -2.46. The van der Waals surface area contributed by atoms with Crippen LogP contribution in [0.3, 0.4) is 0 Å². The summed E-state index contributed by atoms with van der Waals surface area (Å²) >= 11 is 1.90. The Morgan fingerprint density at radius 3 is 2.55 bits per heavy atom. The van der Waals surface area contributed by atoms with Crippen molar-refractivity contribution in [1.82, 2.24) is 4.90 Å². The van der Waals surface area contributed by atoms with Crippen LogP contribution in [0.5, 0.6) is 0 Å². The SMILES string of the molecule is CC(C)CN1/C(=N\c2ccc(C#N)cc2)SCC12CCCC2. The lowest BCUT2D eigenvalue weighted by molar-refractivity contribution is 0.198. The van der Waals surface area contributed by atoms with Crippen LogP contribution in [0.1, 0.15) is 45.1 Å². The van der Waals surface area contributed by atoms with E-state index in [0.29, 0.717) is 17.0 Å². The van der Waals surface area contributed by atoms with Crippen molar-refractivity contribution in [2.75, 3.05) is 12.3 Å². The number of nitrogens with zero attached hydrogens (tertiary/aromatic N) is 3. The number of nitriles is 1. The molecule has 0 aromatic heterocycles. The van der Waals surface area contributed by atoms with Gasteiger partial charge in [0.2, 0.25) is 0 Å². The van der Waals surface area contributed by atoms with Gasteiger partial charge >= 0.3 is 0 Å². The average Bonchev–Trinajstić information content (AvgIpc) is 3.11. The molecule has 116 valence electrons. The van der Waals surface area contributed by atoms with Gasteiger partial charge < -0.3 is 4.90 Å². The molecule has 1 aromatic rings. The highest BCUT2D eigenvalue weighted by molar-refractivity contribution is 8.14. The summed E-state index contributed by atoms with van der Waals surface area (Å²) in [5.74, 6) is 1.82. The number of thioether (sulfide) groups is 1. The summed E-state index contributed by atoms with van der Waals surface area (Å²) < 4.78 is 0. The summed E-state index contributed by atoms with van der Waals surface area (Å²) in [4.78, 5) is 7.46. The molecular weight excluding hydrogens is 290 g/mol. The highest BCUT2D eigenvalue weighted by Gasteiger charge is 2.46. The first-order valence-electron chi connectivity index (χ1n) is 8.12. The van der Waals surface area contributed by atoms with Crippen molar-refractivity contribution in [3.05, 3.63) is 29.8 Å². The maximum atomic E-state index is 8.90. The van der Waals surface area contributed by atoms with Gasteiger partial charge in [0.15, 0.2) is 5.17 Å². The summed E-state index contributed by atoms with van der Waals surface area (Å²) in [6, 6.07) is 9.73.